The molecule has 0 unspecified atom stereocenters. The van der Waals surface area contributed by atoms with E-state index in [-0.39, 0.29) is 0 Å². The summed E-state index contributed by atoms with van der Waals surface area (Å²) in [5, 5.41) is 0. The Morgan fingerprint density at radius 2 is 0.800 bits per heavy atom. The second-order valence-electron chi connectivity index (χ2n) is 5.12. The Hall–Kier alpha value is -2.40. The molecule has 2 rings (SSSR count). The quantitative estimate of drug-likeness (QED) is 0.544. The van der Waals surface area contributed by atoms with Gasteiger partial charge < -0.3 is 23.7 Å². The molecule has 0 bridgehead atoms. The van der Waals surface area contributed by atoms with Crippen molar-refractivity contribution in [1.29, 1.82) is 0 Å². The van der Waals surface area contributed by atoms with Crippen LogP contribution < -0.4 is 18.9 Å². The van der Waals surface area contributed by atoms with Crippen LogP contribution in [0.3, 0.4) is 0 Å². The highest BCUT2D eigenvalue weighted by Crippen LogP contribution is 2.18. The molecule has 2 aromatic rings. The number of hydrogen-bond acceptors (Lipinski definition) is 5. The van der Waals surface area contributed by atoms with E-state index >= 15 is 0 Å². The Morgan fingerprint density at radius 1 is 0.480 bits per heavy atom. The number of benzene rings is 2. The Kier molecular flexibility index (Phi) is 8.49. The number of rotatable bonds is 12. The summed E-state index contributed by atoms with van der Waals surface area (Å²) in [6.45, 7) is 7.26. The smallest absolute Gasteiger partial charge is 0.119 e. The summed E-state index contributed by atoms with van der Waals surface area (Å²) in [4.78, 5) is 0. The van der Waals surface area contributed by atoms with Gasteiger partial charge in [0.15, 0.2) is 0 Å². The lowest BCUT2D eigenvalue weighted by Crippen LogP contribution is -2.12. The molecule has 0 fully saturated rings. The molecule has 0 atom stereocenters. The van der Waals surface area contributed by atoms with Crippen molar-refractivity contribution in [3.05, 3.63) is 48.5 Å². The van der Waals surface area contributed by atoms with E-state index < -0.39 is 0 Å². The van der Waals surface area contributed by atoms with Crippen LogP contribution in [0.25, 0.3) is 0 Å². The molecule has 25 heavy (non-hydrogen) atoms. The summed E-state index contributed by atoms with van der Waals surface area (Å²) in [7, 11) is 0. The Morgan fingerprint density at radius 3 is 1.12 bits per heavy atom. The maximum Gasteiger partial charge on any atom is 0.119 e. The van der Waals surface area contributed by atoms with Crippen LogP contribution in [0.4, 0.5) is 0 Å². The molecule has 0 aromatic heterocycles. The van der Waals surface area contributed by atoms with E-state index in [4.69, 9.17) is 23.7 Å². The van der Waals surface area contributed by atoms with Crippen LogP contribution in [0.1, 0.15) is 13.8 Å². The van der Waals surface area contributed by atoms with Crippen molar-refractivity contribution in [2.45, 2.75) is 13.8 Å². The van der Waals surface area contributed by atoms with E-state index in [1.807, 2.05) is 62.4 Å². The van der Waals surface area contributed by atoms with Gasteiger partial charge in [0.1, 0.15) is 36.2 Å². The van der Waals surface area contributed by atoms with Gasteiger partial charge in [0.05, 0.1) is 26.4 Å². The van der Waals surface area contributed by atoms with Crippen LogP contribution in [0.15, 0.2) is 48.5 Å². The summed E-state index contributed by atoms with van der Waals surface area (Å²) in [6.07, 6.45) is 0. The van der Waals surface area contributed by atoms with Crippen LogP contribution in [0.5, 0.6) is 23.0 Å². The average molecular weight is 346 g/mol. The molecule has 2 aromatic carbocycles. The van der Waals surface area contributed by atoms with Gasteiger partial charge in [0, 0.05) is 0 Å². The maximum absolute atomic E-state index is 5.60. The van der Waals surface area contributed by atoms with Gasteiger partial charge in [0.25, 0.3) is 0 Å². The Labute approximate surface area is 149 Å². The van der Waals surface area contributed by atoms with Crippen LogP contribution in [0, 0.1) is 0 Å². The summed E-state index contributed by atoms with van der Waals surface area (Å²) in [6, 6.07) is 15.1. The first-order valence-corrected chi connectivity index (χ1v) is 8.61. The molecular formula is C20H26O5. The van der Waals surface area contributed by atoms with Crippen LogP contribution in [0.2, 0.25) is 0 Å². The Balaban J connectivity index is 1.53. The first kappa shape index (κ1) is 18.9. The fraction of sp³-hybridized carbons (Fsp3) is 0.400. The molecule has 0 aliphatic heterocycles. The summed E-state index contributed by atoms with van der Waals surface area (Å²) >= 11 is 0. The lowest BCUT2D eigenvalue weighted by atomic mass is 10.3. The highest BCUT2D eigenvalue weighted by atomic mass is 16.5. The zero-order valence-electron chi connectivity index (χ0n) is 14.9. The van der Waals surface area contributed by atoms with Gasteiger partial charge in [-0.05, 0) is 62.4 Å². The van der Waals surface area contributed by atoms with Crippen molar-refractivity contribution < 1.29 is 23.7 Å². The molecular weight excluding hydrogens is 320 g/mol. The standard InChI is InChI=1S/C20H26O5/c1-3-22-17-5-9-19(10-6-17)24-15-13-21-14-16-25-20-11-7-18(8-12-20)23-4-2/h5-12H,3-4,13-16H2,1-2H3. The fourth-order valence-corrected chi connectivity index (χ4v) is 2.14. The first-order chi connectivity index (χ1) is 12.3. The molecule has 0 heterocycles. The van der Waals surface area contributed by atoms with Crippen molar-refractivity contribution in [1.82, 2.24) is 0 Å². The SMILES string of the molecule is CCOc1ccc(OCCOCCOc2ccc(OCC)cc2)cc1. The zero-order valence-corrected chi connectivity index (χ0v) is 14.9. The molecule has 5 heteroatoms. The van der Waals surface area contributed by atoms with Crippen molar-refractivity contribution in [2.75, 3.05) is 39.6 Å². The highest BCUT2D eigenvalue weighted by molar-refractivity contribution is 5.31. The predicted octanol–water partition coefficient (Wildman–Crippen LogP) is 3.96. The van der Waals surface area contributed by atoms with E-state index in [1.165, 1.54) is 0 Å². The lowest BCUT2D eigenvalue weighted by molar-refractivity contribution is 0.0764. The van der Waals surface area contributed by atoms with Gasteiger partial charge in [-0.1, -0.05) is 0 Å². The topological polar surface area (TPSA) is 46.2 Å². The third-order valence-corrected chi connectivity index (χ3v) is 3.26. The minimum atomic E-state index is 0.497. The van der Waals surface area contributed by atoms with E-state index in [2.05, 4.69) is 0 Å². The van der Waals surface area contributed by atoms with Gasteiger partial charge >= 0.3 is 0 Å². The zero-order chi connectivity index (χ0) is 17.7. The first-order valence-electron chi connectivity index (χ1n) is 8.61. The average Bonchev–Trinajstić information content (AvgIpc) is 2.64. The molecule has 0 aliphatic carbocycles. The van der Waals surface area contributed by atoms with Crippen molar-refractivity contribution in [2.24, 2.45) is 0 Å². The van der Waals surface area contributed by atoms with Gasteiger partial charge in [-0.15, -0.1) is 0 Å². The maximum atomic E-state index is 5.60. The Bertz CT molecular complexity index is 527. The minimum absolute atomic E-state index is 0.497. The third kappa shape index (κ3) is 7.35. The number of hydrogen-bond donors (Lipinski definition) is 0. The fourth-order valence-electron chi connectivity index (χ4n) is 2.14. The molecule has 0 radical (unpaired) electrons. The molecule has 0 spiro atoms. The second kappa shape index (κ2) is 11.2. The van der Waals surface area contributed by atoms with Crippen molar-refractivity contribution in [3.63, 3.8) is 0 Å². The van der Waals surface area contributed by atoms with Gasteiger partial charge in [0.2, 0.25) is 0 Å². The van der Waals surface area contributed by atoms with Gasteiger partial charge in [-0.25, -0.2) is 0 Å². The molecule has 136 valence electrons. The van der Waals surface area contributed by atoms with Crippen molar-refractivity contribution in [3.8, 4) is 23.0 Å². The molecule has 0 aliphatic rings. The van der Waals surface area contributed by atoms with Gasteiger partial charge in [-0.3, -0.25) is 0 Å². The van der Waals surface area contributed by atoms with E-state index in [9.17, 15) is 0 Å². The normalized spacial score (nSPS) is 10.3. The minimum Gasteiger partial charge on any atom is -0.494 e. The summed E-state index contributed by atoms with van der Waals surface area (Å²) in [5.74, 6) is 3.30. The van der Waals surface area contributed by atoms with Crippen LogP contribution >= 0.6 is 0 Å². The highest BCUT2D eigenvalue weighted by Gasteiger charge is 1.98. The molecule has 5 nitrogen and oxygen atoms in total. The molecule has 0 amide bonds. The number of ether oxygens (including phenoxy) is 5. The van der Waals surface area contributed by atoms with Crippen molar-refractivity contribution >= 4 is 0 Å². The van der Waals surface area contributed by atoms with Crippen LogP contribution in [-0.4, -0.2) is 39.6 Å². The van der Waals surface area contributed by atoms with E-state index in [1.54, 1.807) is 0 Å². The summed E-state index contributed by atoms with van der Waals surface area (Å²) in [5.41, 5.74) is 0. The molecule has 0 N–H and O–H groups in total. The van der Waals surface area contributed by atoms with E-state index in [0.29, 0.717) is 39.6 Å². The predicted molar refractivity (Wildman–Crippen MR) is 97.0 cm³/mol. The molecule has 0 saturated heterocycles. The molecule has 0 saturated carbocycles. The van der Waals surface area contributed by atoms with Gasteiger partial charge in [-0.2, -0.15) is 0 Å². The summed E-state index contributed by atoms with van der Waals surface area (Å²) < 4.78 is 27.5. The largest absolute Gasteiger partial charge is 0.494 e. The second-order valence-corrected chi connectivity index (χ2v) is 5.12. The monoisotopic (exact) mass is 346 g/mol. The van der Waals surface area contributed by atoms with E-state index in [0.717, 1.165) is 23.0 Å². The van der Waals surface area contributed by atoms with Crippen LogP contribution in [-0.2, 0) is 4.74 Å². The lowest BCUT2D eigenvalue weighted by Gasteiger charge is -2.10. The third-order valence-electron chi connectivity index (χ3n) is 3.26.